The molecule has 1 saturated carbocycles. The number of aromatic nitrogens is 2. The highest BCUT2D eigenvalue weighted by atomic mass is 35.5. The first-order valence-corrected chi connectivity index (χ1v) is 5.56. The van der Waals surface area contributed by atoms with Crippen molar-refractivity contribution >= 4 is 17.5 Å². The first-order chi connectivity index (χ1) is 6.76. The van der Waals surface area contributed by atoms with E-state index in [1.54, 1.807) is 0 Å². The molecule has 0 spiro atoms. The van der Waals surface area contributed by atoms with Crippen molar-refractivity contribution in [1.29, 1.82) is 0 Å². The summed E-state index contributed by atoms with van der Waals surface area (Å²) in [4.78, 5) is 4.23. The van der Waals surface area contributed by atoms with Gasteiger partial charge in [0, 0.05) is 31.9 Å². The lowest BCUT2D eigenvalue weighted by molar-refractivity contribution is 0.522. The van der Waals surface area contributed by atoms with Gasteiger partial charge in [0.05, 0.1) is 0 Å². The number of alkyl halides is 1. The van der Waals surface area contributed by atoms with E-state index in [1.165, 1.54) is 12.8 Å². The van der Waals surface area contributed by atoms with Crippen LogP contribution in [0.2, 0.25) is 0 Å². The van der Waals surface area contributed by atoms with Gasteiger partial charge in [0.15, 0.2) is 0 Å². The third-order valence-electron chi connectivity index (χ3n) is 3.02. The Morgan fingerprint density at radius 1 is 1.64 bits per heavy atom. The summed E-state index contributed by atoms with van der Waals surface area (Å²) in [6.07, 6.45) is 7.48. The number of rotatable bonds is 5. The van der Waals surface area contributed by atoms with Crippen LogP contribution in [-0.2, 0) is 7.05 Å². The maximum atomic E-state index is 5.77. The first kappa shape index (κ1) is 9.84. The first-order valence-electron chi connectivity index (χ1n) is 5.03. The molecule has 2 rings (SSSR count). The molecule has 1 aromatic rings. The van der Waals surface area contributed by atoms with E-state index in [0.29, 0.717) is 5.41 Å². The summed E-state index contributed by atoms with van der Waals surface area (Å²) in [7, 11) is 2.00. The summed E-state index contributed by atoms with van der Waals surface area (Å²) in [5, 5.41) is 3.37. The van der Waals surface area contributed by atoms with Crippen molar-refractivity contribution < 1.29 is 0 Å². The molecule has 1 fully saturated rings. The number of aryl methyl sites for hydroxylation is 1. The van der Waals surface area contributed by atoms with Crippen molar-refractivity contribution in [3.8, 4) is 0 Å². The minimum absolute atomic E-state index is 0.466. The van der Waals surface area contributed by atoms with Crippen LogP contribution in [0.3, 0.4) is 0 Å². The number of halogens is 1. The molecule has 0 aliphatic heterocycles. The Bertz CT molecular complexity index is 304. The van der Waals surface area contributed by atoms with Gasteiger partial charge in [-0.1, -0.05) is 0 Å². The summed E-state index contributed by atoms with van der Waals surface area (Å²) < 4.78 is 2.00. The smallest absolute Gasteiger partial charge is 0.202 e. The normalized spacial score (nSPS) is 18.1. The van der Waals surface area contributed by atoms with Gasteiger partial charge in [-0.05, 0) is 24.7 Å². The molecule has 0 amide bonds. The average molecular weight is 214 g/mol. The van der Waals surface area contributed by atoms with Crippen LogP contribution < -0.4 is 5.32 Å². The molecular formula is C10H16ClN3. The molecule has 1 aliphatic rings. The van der Waals surface area contributed by atoms with E-state index in [9.17, 15) is 0 Å². The van der Waals surface area contributed by atoms with Crippen LogP contribution in [0.5, 0.6) is 0 Å². The molecule has 0 bridgehead atoms. The van der Waals surface area contributed by atoms with Gasteiger partial charge < -0.3 is 9.88 Å². The number of anilines is 1. The molecule has 1 N–H and O–H groups in total. The fourth-order valence-corrected chi connectivity index (χ4v) is 2.10. The zero-order valence-electron chi connectivity index (χ0n) is 8.46. The summed E-state index contributed by atoms with van der Waals surface area (Å²) in [6, 6.07) is 0. The lowest BCUT2D eigenvalue weighted by atomic mass is 10.0. The molecule has 0 saturated heterocycles. The van der Waals surface area contributed by atoms with E-state index in [1.807, 2.05) is 24.0 Å². The molecule has 78 valence electrons. The highest BCUT2D eigenvalue weighted by molar-refractivity contribution is 6.17. The molecule has 0 radical (unpaired) electrons. The fourth-order valence-electron chi connectivity index (χ4n) is 1.69. The zero-order valence-corrected chi connectivity index (χ0v) is 9.22. The minimum atomic E-state index is 0.466. The number of nitrogens with zero attached hydrogens (tertiary/aromatic N) is 2. The van der Waals surface area contributed by atoms with Crippen LogP contribution in [0.4, 0.5) is 5.95 Å². The molecule has 0 atom stereocenters. The van der Waals surface area contributed by atoms with Crippen molar-refractivity contribution in [2.75, 3.05) is 17.7 Å². The molecular weight excluding hydrogens is 198 g/mol. The molecule has 0 unspecified atom stereocenters. The van der Waals surface area contributed by atoms with Crippen molar-refractivity contribution in [2.24, 2.45) is 12.5 Å². The van der Waals surface area contributed by atoms with Gasteiger partial charge in [-0.2, -0.15) is 0 Å². The van der Waals surface area contributed by atoms with Crippen LogP contribution in [0.1, 0.15) is 19.3 Å². The van der Waals surface area contributed by atoms with Crippen LogP contribution in [0.25, 0.3) is 0 Å². The van der Waals surface area contributed by atoms with E-state index in [4.69, 9.17) is 11.6 Å². The second kappa shape index (κ2) is 3.81. The van der Waals surface area contributed by atoms with Crippen molar-refractivity contribution in [2.45, 2.75) is 19.3 Å². The zero-order chi connectivity index (χ0) is 10.0. The molecule has 14 heavy (non-hydrogen) atoms. The highest BCUT2D eigenvalue weighted by Crippen LogP contribution is 2.48. The van der Waals surface area contributed by atoms with E-state index < -0.39 is 0 Å². The Hall–Kier alpha value is -0.700. The van der Waals surface area contributed by atoms with Crippen molar-refractivity contribution in [3.05, 3.63) is 12.4 Å². The Morgan fingerprint density at radius 2 is 2.43 bits per heavy atom. The number of imidazole rings is 1. The summed E-state index contributed by atoms with van der Waals surface area (Å²) in [6.45, 7) is 1.00. The van der Waals surface area contributed by atoms with Crippen molar-refractivity contribution in [3.63, 3.8) is 0 Å². The minimum Gasteiger partial charge on any atom is -0.355 e. The topological polar surface area (TPSA) is 29.9 Å². The molecule has 4 heteroatoms. The molecule has 1 heterocycles. The third kappa shape index (κ3) is 2.03. The average Bonchev–Trinajstić information content (AvgIpc) is 2.81. The lowest BCUT2D eigenvalue weighted by Crippen LogP contribution is -2.17. The van der Waals surface area contributed by atoms with E-state index in [-0.39, 0.29) is 0 Å². The predicted octanol–water partition coefficient (Wildman–Crippen LogP) is 2.24. The van der Waals surface area contributed by atoms with Gasteiger partial charge in [0.25, 0.3) is 0 Å². The maximum absolute atomic E-state index is 5.77. The Labute approximate surface area is 89.5 Å². The maximum Gasteiger partial charge on any atom is 0.202 e. The van der Waals surface area contributed by atoms with Crippen LogP contribution in [0.15, 0.2) is 12.4 Å². The number of hydrogen-bond acceptors (Lipinski definition) is 2. The lowest BCUT2D eigenvalue weighted by Gasteiger charge is -2.14. The molecule has 1 aromatic heterocycles. The van der Waals surface area contributed by atoms with E-state index >= 15 is 0 Å². The van der Waals surface area contributed by atoms with Crippen LogP contribution in [-0.4, -0.2) is 22.0 Å². The van der Waals surface area contributed by atoms with E-state index in [2.05, 4.69) is 10.3 Å². The number of nitrogens with one attached hydrogen (secondary N) is 1. The quantitative estimate of drug-likeness (QED) is 0.761. The largest absolute Gasteiger partial charge is 0.355 e. The Kier molecular flexibility index (Phi) is 2.68. The molecule has 1 aliphatic carbocycles. The second-order valence-corrected chi connectivity index (χ2v) is 4.53. The Balaban J connectivity index is 1.86. The van der Waals surface area contributed by atoms with Gasteiger partial charge in [-0.15, -0.1) is 11.6 Å². The van der Waals surface area contributed by atoms with Gasteiger partial charge in [0.2, 0.25) is 5.95 Å². The molecule has 0 aromatic carbocycles. The molecule has 3 nitrogen and oxygen atoms in total. The summed E-state index contributed by atoms with van der Waals surface area (Å²) >= 11 is 5.77. The van der Waals surface area contributed by atoms with Crippen molar-refractivity contribution in [1.82, 2.24) is 9.55 Å². The van der Waals surface area contributed by atoms with Gasteiger partial charge >= 0.3 is 0 Å². The van der Waals surface area contributed by atoms with Crippen LogP contribution in [0, 0.1) is 5.41 Å². The summed E-state index contributed by atoms with van der Waals surface area (Å²) in [5.74, 6) is 1.72. The highest BCUT2D eigenvalue weighted by Gasteiger charge is 2.41. The fraction of sp³-hybridized carbons (Fsp3) is 0.700. The van der Waals surface area contributed by atoms with Gasteiger partial charge in [0.1, 0.15) is 0 Å². The number of hydrogen-bond donors (Lipinski definition) is 1. The predicted molar refractivity (Wildman–Crippen MR) is 58.7 cm³/mol. The van der Waals surface area contributed by atoms with E-state index in [0.717, 1.165) is 24.8 Å². The summed E-state index contributed by atoms with van der Waals surface area (Å²) in [5.41, 5.74) is 0.466. The van der Waals surface area contributed by atoms with Crippen LogP contribution >= 0.6 is 11.6 Å². The standard InChI is InChI=1S/C10H16ClN3/c1-14-7-6-12-9(14)13-8-10(2-3-10)4-5-11/h6-7H,2-5,8H2,1H3,(H,12,13). The second-order valence-electron chi connectivity index (χ2n) is 4.15. The third-order valence-corrected chi connectivity index (χ3v) is 3.21. The monoisotopic (exact) mass is 213 g/mol. The van der Waals surface area contributed by atoms with Gasteiger partial charge in [-0.25, -0.2) is 4.98 Å². The Morgan fingerprint density at radius 3 is 2.93 bits per heavy atom. The van der Waals surface area contributed by atoms with Gasteiger partial charge in [-0.3, -0.25) is 0 Å². The SMILES string of the molecule is Cn1ccnc1NCC1(CCCl)CC1.